The van der Waals surface area contributed by atoms with Gasteiger partial charge in [-0.05, 0) is 25.1 Å². The Hall–Kier alpha value is -2.22. The van der Waals surface area contributed by atoms with Crippen molar-refractivity contribution < 1.29 is 13.9 Å². The van der Waals surface area contributed by atoms with Gasteiger partial charge in [0.2, 0.25) is 0 Å². The molecule has 5 heteroatoms. The second-order valence-electron chi connectivity index (χ2n) is 4.96. The Bertz CT molecular complexity index is 596. The number of hydrogen-bond donors (Lipinski definition) is 1. The first-order valence-electron chi connectivity index (χ1n) is 6.03. The second kappa shape index (κ2) is 3.89. The van der Waals surface area contributed by atoms with E-state index in [0.29, 0.717) is 17.7 Å². The van der Waals surface area contributed by atoms with Gasteiger partial charge in [0.25, 0.3) is 0 Å². The molecule has 2 aliphatic heterocycles. The van der Waals surface area contributed by atoms with E-state index in [-0.39, 0.29) is 24.4 Å². The van der Waals surface area contributed by atoms with Gasteiger partial charge in [0.1, 0.15) is 11.6 Å². The van der Waals surface area contributed by atoms with Crippen molar-refractivity contribution in [3.05, 3.63) is 29.6 Å². The van der Waals surface area contributed by atoms with Crippen molar-refractivity contribution in [1.82, 2.24) is 10.2 Å². The van der Waals surface area contributed by atoms with Crippen LogP contribution in [0.2, 0.25) is 0 Å². The normalized spacial score (nSPS) is 27.9. The lowest BCUT2D eigenvalue weighted by Gasteiger charge is -2.50. The lowest BCUT2D eigenvalue weighted by atomic mass is 9.90. The smallest absolute Gasteiger partial charge is 0.321 e. The molecule has 1 fully saturated rings. The summed E-state index contributed by atoms with van der Waals surface area (Å²) in [5.41, 5.74) is -0.115. The molecule has 2 aliphatic rings. The summed E-state index contributed by atoms with van der Waals surface area (Å²) in [7, 11) is 0. The minimum Gasteiger partial charge on any atom is -0.468 e. The third kappa shape index (κ3) is 1.72. The van der Waals surface area contributed by atoms with Crippen molar-refractivity contribution in [3.63, 3.8) is 0 Å². The third-order valence-corrected chi connectivity index (χ3v) is 3.62. The lowest BCUT2D eigenvalue weighted by molar-refractivity contribution is -0.0780. The van der Waals surface area contributed by atoms with E-state index < -0.39 is 5.72 Å². The number of nitrogens with zero attached hydrogens (tertiary/aromatic N) is 1. The van der Waals surface area contributed by atoms with Gasteiger partial charge in [0.05, 0.1) is 12.6 Å². The molecule has 0 aromatic heterocycles. The quantitative estimate of drug-likeness (QED) is 0.785. The summed E-state index contributed by atoms with van der Waals surface area (Å²) < 4.78 is 19.2. The molecule has 0 saturated carbocycles. The van der Waals surface area contributed by atoms with Gasteiger partial charge in [-0.1, -0.05) is 5.92 Å². The van der Waals surface area contributed by atoms with Gasteiger partial charge in [-0.25, -0.2) is 9.18 Å². The lowest BCUT2D eigenvalue weighted by Crippen LogP contribution is -2.64. The van der Waals surface area contributed by atoms with Crippen LogP contribution in [0.5, 0.6) is 5.75 Å². The molecule has 98 valence electrons. The van der Waals surface area contributed by atoms with Crippen molar-refractivity contribution >= 4 is 6.03 Å². The molecule has 2 heterocycles. The summed E-state index contributed by atoms with van der Waals surface area (Å²) in [6, 6.07) is 3.80. The Balaban J connectivity index is 2.06. The molecule has 2 unspecified atom stereocenters. The van der Waals surface area contributed by atoms with E-state index in [4.69, 9.17) is 11.2 Å². The number of halogens is 1. The molecular weight excluding hydrogens is 247 g/mol. The van der Waals surface area contributed by atoms with Crippen molar-refractivity contribution in [2.24, 2.45) is 0 Å². The molecule has 0 aliphatic carbocycles. The van der Waals surface area contributed by atoms with E-state index in [1.807, 2.05) is 6.92 Å². The molecule has 1 saturated heterocycles. The topological polar surface area (TPSA) is 41.6 Å². The molecule has 4 nitrogen and oxygen atoms in total. The first kappa shape index (κ1) is 11.8. The molecule has 1 aromatic carbocycles. The van der Waals surface area contributed by atoms with E-state index in [0.717, 1.165) is 0 Å². The Morgan fingerprint density at radius 2 is 2.47 bits per heavy atom. The number of nitrogens with one attached hydrogen (secondary N) is 1. The zero-order chi connectivity index (χ0) is 13.6. The zero-order valence-electron chi connectivity index (χ0n) is 10.4. The van der Waals surface area contributed by atoms with Crippen LogP contribution in [0.25, 0.3) is 0 Å². The van der Waals surface area contributed by atoms with Gasteiger partial charge in [-0.15, -0.1) is 6.42 Å². The summed E-state index contributed by atoms with van der Waals surface area (Å²) >= 11 is 0. The van der Waals surface area contributed by atoms with Crippen LogP contribution >= 0.6 is 0 Å². The van der Waals surface area contributed by atoms with E-state index in [1.165, 1.54) is 17.0 Å². The predicted molar refractivity (Wildman–Crippen MR) is 66.9 cm³/mol. The molecule has 1 aromatic rings. The highest BCUT2D eigenvalue weighted by atomic mass is 19.1. The summed E-state index contributed by atoms with van der Waals surface area (Å²) in [5.74, 6) is 2.70. The second-order valence-corrected chi connectivity index (χ2v) is 4.96. The first-order chi connectivity index (χ1) is 9.03. The molecular formula is C14H13FN2O2. The van der Waals surface area contributed by atoms with E-state index in [9.17, 15) is 9.18 Å². The number of ether oxygens (including phenoxy) is 1. The zero-order valence-corrected chi connectivity index (χ0v) is 10.4. The van der Waals surface area contributed by atoms with Crippen LogP contribution in [-0.4, -0.2) is 23.2 Å². The molecule has 2 amide bonds. The van der Waals surface area contributed by atoms with Crippen LogP contribution < -0.4 is 10.1 Å². The average molecular weight is 260 g/mol. The molecule has 3 rings (SSSR count). The molecule has 0 radical (unpaired) electrons. The monoisotopic (exact) mass is 260 g/mol. The average Bonchev–Trinajstić information content (AvgIpc) is 2.35. The minimum atomic E-state index is -0.788. The van der Waals surface area contributed by atoms with Crippen LogP contribution in [0.15, 0.2) is 18.2 Å². The van der Waals surface area contributed by atoms with Crippen LogP contribution in [0, 0.1) is 18.2 Å². The first-order valence-corrected chi connectivity index (χ1v) is 6.03. The maximum atomic E-state index is 13.3. The largest absolute Gasteiger partial charge is 0.468 e. The van der Waals surface area contributed by atoms with Crippen LogP contribution in [0.1, 0.15) is 24.9 Å². The number of urea groups is 1. The summed E-state index contributed by atoms with van der Waals surface area (Å²) in [6.07, 6.45) is 5.83. The number of amides is 2. The molecule has 2 bridgehead atoms. The Morgan fingerprint density at radius 3 is 3.21 bits per heavy atom. The van der Waals surface area contributed by atoms with Crippen LogP contribution in [-0.2, 0) is 0 Å². The van der Waals surface area contributed by atoms with E-state index in [1.54, 1.807) is 6.07 Å². The molecule has 19 heavy (non-hydrogen) atoms. The number of carbonyl (C=O) groups excluding carboxylic acids is 1. The Morgan fingerprint density at radius 1 is 1.68 bits per heavy atom. The van der Waals surface area contributed by atoms with Crippen molar-refractivity contribution in [3.8, 4) is 18.1 Å². The highest BCUT2D eigenvalue weighted by molar-refractivity contribution is 5.77. The van der Waals surface area contributed by atoms with Crippen molar-refractivity contribution in [2.45, 2.75) is 25.1 Å². The number of fused-ring (bicyclic) bond motifs is 4. The fraction of sp³-hybridized carbons (Fsp3) is 0.357. The van der Waals surface area contributed by atoms with Gasteiger partial charge >= 0.3 is 6.03 Å². The summed E-state index contributed by atoms with van der Waals surface area (Å²) in [6.45, 7) is 1.99. The van der Waals surface area contributed by atoms with Gasteiger partial charge < -0.3 is 10.1 Å². The van der Waals surface area contributed by atoms with E-state index in [2.05, 4.69) is 11.2 Å². The van der Waals surface area contributed by atoms with Crippen molar-refractivity contribution in [1.29, 1.82) is 0 Å². The molecule has 2 atom stereocenters. The molecule has 0 spiro atoms. The molecule has 1 N–H and O–H groups in total. The Kier molecular flexibility index (Phi) is 2.42. The number of terminal acetylenes is 1. The fourth-order valence-electron chi connectivity index (χ4n) is 2.72. The summed E-state index contributed by atoms with van der Waals surface area (Å²) in [4.78, 5) is 13.5. The fourth-order valence-corrected chi connectivity index (χ4v) is 2.72. The number of carbonyl (C=O) groups is 1. The van der Waals surface area contributed by atoms with E-state index >= 15 is 0 Å². The standard InChI is InChI=1S/C14H13FN2O2/c1-3-6-17-13(18)16-11-8-14(17,2)19-12-5-4-9(15)7-10(11)12/h1,4-5,7,11H,6,8H2,2H3,(H,16,18). The van der Waals surface area contributed by atoms with Crippen LogP contribution in [0.4, 0.5) is 9.18 Å². The van der Waals surface area contributed by atoms with Gasteiger partial charge in [0, 0.05) is 12.0 Å². The minimum absolute atomic E-state index is 0.172. The maximum absolute atomic E-state index is 13.3. The number of hydrogen-bond acceptors (Lipinski definition) is 2. The van der Waals surface area contributed by atoms with Crippen LogP contribution in [0.3, 0.4) is 0 Å². The third-order valence-electron chi connectivity index (χ3n) is 3.62. The highest BCUT2D eigenvalue weighted by Gasteiger charge is 2.48. The summed E-state index contributed by atoms with van der Waals surface area (Å²) in [5, 5.41) is 2.84. The number of benzene rings is 1. The SMILES string of the molecule is C#CCN1C(=O)NC2CC1(C)Oc1ccc(F)cc12. The Labute approximate surface area is 110 Å². The maximum Gasteiger partial charge on any atom is 0.321 e. The predicted octanol–water partition coefficient (Wildman–Crippen LogP) is 2.02. The number of rotatable bonds is 1. The highest BCUT2D eigenvalue weighted by Crippen LogP contribution is 2.43. The van der Waals surface area contributed by atoms with Crippen molar-refractivity contribution in [2.75, 3.05) is 6.54 Å². The van der Waals surface area contributed by atoms with Gasteiger partial charge in [-0.3, -0.25) is 4.90 Å². The van der Waals surface area contributed by atoms with Gasteiger partial charge in [-0.2, -0.15) is 0 Å². The van der Waals surface area contributed by atoms with Gasteiger partial charge in [0.15, 0.2) is 5.72 Å².